The number of H-pyrrole nitrogens is 1. The van der Waals surface area contributed by atoms with Gasteiger partial charge in [0.15, 0.2) is 12.0 Å². The van der Waals surface area contributed by atoms with Crippen molar-refractivity contribution in [3.05, 3.63) is 63.5 Å². The summed E-state index contributed by atoms with van der Waals surface area (Å²) in [7, 11) is 0. The highest BCUT2D eigenvalue weighted by Crippen LogP contribution is 2.54. The number of nitrogens with one attached hydrogen (secondary N) is 1. The topological polar surface area (TPSA) is 129 Å². The summed E-state index contributed by atoms with van der Waals surface area (Å²) in [5.74, 6) is 2.71. The monoisotopic (exact) mass is 545 g/mol. The average molecular weight is 546 g/mol. The molecule has 0 saturated heterocycles. The molecule has 11 heteroatoms. The molecule has 0 unspecified atom stereocenters. The predicted molar refractivity (Wildman–Crippen MR) is 144 cm³/mol. The molecule has 2 fully saturated rings. The average Bonchev–Trinajstić information content (AvgIpc) is 3.20. The molecule has 5 aromatic rings. The Hall–Kier alpha value is -3.79. The number of hydrogen-bond acceptors (Lipinski definition) is 8. The molecule has 2 aliphatic carbocycles. The molecule has 0 radical (unpaired) electrons. The van der Waals surface area contributed by atoms with Crippen LogP contribution in [0.5, 0.6) is 0 Å². The van der Waals surface area contributed by atoms with Gasteiger partial charge in [-0.15, -0.1) is 0 Å². The molecule has 0 atom stereocenters. The van der Waals surface area contributed by atoms with Crippen LogP contribution in [0.4, 0.5) is 0 Å². The summed E-state index contributed by atoms with van der Waals surface area (Å²) in [6.45, 7) is 5.10. The van der Waals surface area contributed by atoms with E-state index in [-0.39, 0.29) is 17.1 Å². The van der Waals surface area contributed by atoms with Crippen molar-refractivity contribution >= 4 is 22.8 Å². The summed E-state index contributed by atoms with van der Waals surface area (Å²) in [5.41, 5.74) is 3.47. The van der Waals surface area contributed by atoms with E-state index in [2.05, 4.69) is 26.6 Å². The molecule has 0 amide bonds. The smallest absolute Gasteiger partial charge is 0.439 e. The van der Waals surface area contributed by atoms with E-state index in [1.807, 2.05) is 31.2 Å². The number of aromatic nitrogens is 7. The molecule has 1 N–H and O–H groups in total. The largest absolute Gasteiger partial charge is 0.448 e. The molecule has 0 spiro atoms. The van der Waals surface area contributed by atoms with E-state index in [9.17, 15) is 4.79 Å². The van der Waals surface area contributed by atoms with Crippen LogP contribution in [-0.2, 0) is 12.0 Å². The second-order valence-electron chi connectivity index (χ2n) is 11.0. The van der Waals surface area contributed by atoms with Crippen LogP contribution in [0.15, 0.2) is 44.4 Å². The number of oxazole rings is 1. The summed E-state index contributed by atoms with van der Waals surface area (Å²) >= 11 is 6.43. The van der Waals surface area contributed by atoms with Crippen molar-refractivity contribution in [3.8, 4) is 22.9 Å². The summed E-state index contributed by atoms with van der Waals surface area (Å²) in [6.07, 6.45) is 8.15. The SMILES string of the molecule is Cc1ocnc1C1(c2nc3nc(-c4noc(=O)[nH]4)nc(-c4cccc(Cl)c4)c3n2CC2CCC(C)CC2)CC1. The van der Waals surface area contributed by atoms with Gasteiger partial charge >= 0.3 is 5.76 Å². The van der Waals surface area contributed by atoms with E-state index in [1.54, 1.807) is 0 Å². The summed E-state index contributed by atoms with van der Waals surface area (Å²) in [6, 6.07) is 7.58. The Labute approximate surface area is 228 Å². The van der Waals surface area contributed by atoms with Gasteiger partial charge in [0.25, 0.3) is 0 Å². The minimum absolute atomic E-state index is 0.149. The van der Waals surface area contributed by atoms with Crippen LogP contribution in [0.25, 0.3) is 34.1 Å². The minimum Gasteiger partial charge on any atom is -0.448 e. The molecule has 2 aliphatic rings. The molecule has 200 valence electrons. The number of nitrogens with zero attached hydrogens (tertiary/aromatic N) is 6. The predicted octanol–water partition coefficient (Wildman–Crippen LogP) is 5.69. The first-order chi connectivity index (χ1) is 18.9. The third kappa shape index (κ3) is 4.17. The van der Waals surface area contributed by atoms with E-state index >= 15 is 0 Å². The lowest BCUT2D eigenvalue weighted by Crippen LogP contribution is -2.23. The highest BCUT2D eigenvalue weighted by Gasteiger charge is 2.53. The molecular formula is C28H28ClN7O3. The van der Waals surface area contributed by atoms with Gasteiger partial charge in [-0.3, -0.25) is 9.51 Å². The zero-order valence-electron chi connectivity index (χ0n) is 21.8. The fourth-order valence-electron chi connectivity index (χ4n) is 6.07. The van der Waals surface area contributed by atoms with Crippen molar-refractivity contribution in [1.82, 2.24) is 34.6 Å². The maximum absolute atomic E-state index is 11.7. The highest BCUT2D eigenvalue weighted by molar-refractivity contribution is 6.30. The van der Waals surface area contributed by atoms with Crippen LogP contribution in [0.3, 0.4) is 0 Å². The van der Waals surface area contributed by atoms with Crippen molar-refractivity contribution in [2.24, 2.45) is 11.8 Å². The molecule has 10 nitrogen and oxygen atoms in total. The van der Waals surface area contributed by atoms with E-state index in [1.165, 1.54) is 32.1 Å². The maximum atomic E-state index is 11.7. The van der Waals surface area contributed by atoms with Gasteiger partial charge < -0.3 is 8.98 Å². The van der Waals surface area contributed by atoms with Crippen molar-refractivity contribution in [3.63, 3.8) is 0 Å². The molecule has 1 aromatic carbocycles. The number of aromatic amines is 1. The Morgan fingerprint density at radius 1 is 1.15 bits per heavy atom. The van der Waals surface area contributed by atoms with Crippen LogP contribution in [0.2, 0.25) is 5.02 Å². The van der Waals surface area contributed by atoms with Crippen molar-refractivity contribution in [2.75, 3.05) is 0 Å². The number of benzene rings is 1. The Morgan fingerprint density at radius 2 is 1.97 bits per heavy atom. The van der Waals surface area contributed by atoms with E-state index in [4.69, 9.17) is 35.5 Å². The number of hydrogen-bond donors (Lipinski definition) is 1. The van der Waals surface area contributed by atoms with Gasteiger partial charge in [-0.2, -0.15) is 0 Å². The van der Waals surface area contributed by atoms with Gasteiger partial charge in [0.05, 0.1) is 11.1 Å². The third-order valence-corrected chi connectivity index (χ3v) is 8.54. The van der Waals surface area contributed by atoms with Gasteiger partial charge in [0.2, 0.25) is 11.6 Å². The second kappa shape index (κ2) is 9.15. The van der Waals surface area contributed by atoms with E-state index < -0.39 is 5.76 Å². The zero-order valence-corrected chi connectivity index (χ0v) is 22.5. The Balaban J connectivity index is 1.49. The summed E-state index contributed by atoms with van der Waals surface area (Å²) in [4.78, 5) is 33.8. The molecule has 0 bridgehead atoms. The second-order valence-corrected chi connectivity index (χ2v) is 11.5. The van der Waals surface area contributed by atoms with Crippen LogP contribution >= 0.6 is 11.6 Å². The lowest BCUT2D eigenvalue weighted by Gasteiger charge is -2.28. The molecule has 4 heterocycles. The van der Waals surface area contributed by atoms with Gasteiger partial charge in [-0.05, 0) is 56.6 Å². The minimum atomic E-state index is -0.672. The summed E-state index contributed by atoms with van der Waals surface area (Å²) < 4.78 is 12.7. The number of fused-ring (bicyclic) bond motifs is 1. The fraction of sp³-hybridized carbons (Fsp3) is 0.429. The molecule has 39 heavy (non-hydrogen) atoms. The summed E-state index contributed by atoms with van der Waals surface area (Å²) in [5, 5.41) is 4.43. The van der Waals surface area contributed by atoms with Crippen LogP contribution < -0.4 is 5.76 Å². The van der Waals surface area contributed by atoms with Gasteiger partial charge in [-0.25, -0.2) is 24.7 Å². The molecule has 4 aromatic heterocycles. The fourth-order valence-corrected chi connectivity index (χ4v) is 6.27. The highest BCUT2D eigenvalue weighted by atomic mass is 35.5. The molecule has 7 rings (SSSR count). The normalized spacial score (nSPS) is 20.5. The third-order valence-electron chi connectivity index (χ3n) is 8.31. The Bertz CT molecular complexity index is 1740. The van der Waals surface area contributed by atoms with Crippen LogP contribution in [0.1, 0.15) is 62.7 Å². The van der Waals surface area contributed by atoms with Gasteiger partial charge in [-0.1, -0.05) is 48.7 Å². The maximum Gasteiger partial charge on any atom is 0.439 e. The molecule has 0 aliphatic heterocycles. The van der Waals surface area contributed by atoms with Crippen molar-refractivity contribution < 1.29 is 8.94 Å². The standard InChI is InChI=1S/C28H28ClN7O3/c1-15-6-8-17(9-7-15)13-36-21-20(18-4-3-5-19(29)12-18)31-24(25-34-27(37)39-35-25)32-23(21)33-26(36)28(10-11-28)22-16(2)38-14-30-22/h3-5,12,14-15,17H,6-11,13H2,1-2H3,(H,34,35,37). The van der Waals surface area contributed by atoms with E-state index in [0.29, 0.717) is 22.3 Å². The molecule has 2 saturated carbocycles. The Morgan fingerprint density at radius 3 is 2.64 bits per heavy atom. The van der Waals surface area contributed by atoms with E-state index in [0.717, 1.165) is 53.7 Å². The quantitative estimate of drug-likeness (QED) is 0.288. The zero-order chi connectivity index (χ0) is 26.7. The lowest BCUT2D eigenvalue weighted by atomic mass is 9.83. The van der Waals surface area contributed by atoms with Crippen LogP contribution in [0, 0.1) is 18.8 Å². The number of halogens is 1. The first-order valence-corrected chi connectivity index (χ1v) is 13.8. The molecular weight excluding hydrogens is 518 g/mol. The number of imidazole rings is 1. The van der Waals surface area contributed by atoms with Crippen molar-refractivity contribution in [2.45, 2.75) is 64.3 Å². The lowest BCUT2D eigenvalue weighted by molar-refractivity contribution is 0.264. The Kier molecular flexibility index (Phi) is 5.69. The van der Waals surface area contributed by atoms with Crippen LogP contribution in [-0.4, -0.2) is 34.6 Å². The number of rotatable bonds is 6. The van der Waals surface area contributed by atoms with Gasteiger partial charge in [0, 0.05) is 17.1 Å². The van der Waals surface area contributed by atoms with Gasteiger partial charge in [0.1, 0.15) is 22.8 Å². The van der Waals surface area contributed by atoms with Crippen molar-refractivity contribution in [1.29, 1.82) is 0 Å². The first kappa shape index (κ1) is 24.3. The first-order valence-electron chi connectivity index (χ1n) is 13.4. The number of aryl methyl sites for hydroxylation is 1.